The van der Waals surface area contributed by atoms with Gasteiger partial charge in [-0.3, -0.25) is 9.59 Å². The maximum atomic E-state index is 12.1. The molecule has 1 heterocycles. The SMILES string of the molecule is C[C@@]1(O)C(=O)C=C2C=C(CCCCOCc3ccccc3)OC=C2C1=O. The molecule has 0 unspecified atom stereocenters. The van der Waals surface area contributed by atoms with E-state index in [9.17, 15) is 14.7 Å². The van der Waals surface area contributed by atoms with Crippen LogP contribution in [0.2, 0.25) is 0 Å². The molecule has 0 bridgehead atoms. The van der Waals surface area contributed by atoms with Crippen LogP contribution in [0.5, 0.6) is 0 Å². The summed E-state index contributed by atoms with van der Waals surface area (Å²) in [5, 5.41) is 9.95. The van der Waals surface area contributed by atoms with Gasteiger partial charge in [0.2, 0.25) is 5.78 Å². The second-order valence-electron chi connectivity index (χ2n) is 6.62. The molecule has 0 fully saturated rings. The number of fused-ring (bicyclic) bond motifs is 1. The van der Waals surface area contributed by atoms with E-state index in [2.05, 4.69) is 0 Å². The number of rotatable bonds is 7. The van der Waals surface area contributed by atoms with Gasteiger partial charge in [0.05, 0.1) is 12.2 Å². The fourth-order valence-corrected chi connectivity index (χ4v) is 2.85. The molecule has 26 heavy (non-hydrogen) atoms. The molecule has 3 rings (SSSR count). The van der Waals surface area contributed by atoms with Crippen LogP contribution in [0.1, 0.15) is 31.7 Å². The first-order valence-corrected chi connectivity index (χ1v) is 8.71. The summed E-state index contributed by atoms with van der Waals surface area (Å²) in [5.41, 5.74) is -0.101. The minimum absolute atomic E-state index is 0.240. The van der Waals surface area contributed by atoms with Crippen LogP contribution in [0.4, 0.5) is 0 Å². The molecule has 1 N–H and O–H groups in total. The molecule has 136 valence electrons. The first kappa shape index (κ1) is 18.3. The monoisotopic (exact) mass is 354 g/mol. The van der Waals surface area contributed by atoms with Crippen molar-refractivity contribution in [2.75, 3.05) is 6.61 Å². The van der Waals surface area contributed by atoms with Gasteiger partial charge in [0, 0.05) is 13.0 Å². The third-order valence-corrected chi connectivity index (χ3v) is 4.48. The van der Waals surface area contributed by atoms with Gasteiger partial charge in [0.15, 0.2) is 11.4 Å². The molecule has 5 nitrogen and oxygen atoms in total. The molecule has 5 heteroatoms. The van der Waals surface area contributed by atoms with E-state index >= 15 is 0 Å². The minimum atomic E-state index is -2.00. The molecule has 1 aliphatic carbocycles. The van der Waals surface area contributed by atoms with Crippen molar-refractivity contribution in [3.63, 3.8) is 0 Å². The van der Waals surface area contributed by atoms with Crippen molar-refractivity contribution in [3.05, 3.63) is 71.2 Å². The molecule has 0 radical (unpaired) electrons. The molecule has 1 aromatic carbocycles. The number of ketones is 2. The van der Waals surface area contributed by atoms with Crippen LogP contribution >= 0.6 is 0 Å². The average Bonchev–Trinajstić information content (AvgIpc) is 2.64. The fourth-order valence-electron chi connectivity index (χ4n) is 2.85. The standard InChI is InChI=1S/C21H22O5/c1-21(24)19(22)12-16-11-17(26-14-18(16)20(21)23)9-5-6-10-25-13-15-7-3-2-4-8-15/h2-4,7-8,11-12,14,24H,5-6,9-10,13H2,1H3/t21-/m1/s1. The second-order valence-corrected chi connectivity index (χ2v) is 6.62. The Morgan fingerprint density at radius 3 is 2.65 bits per heavy atom. The first-order valence-electron chi connectivity index (χ1n) is 8.71. The van der Waals surface area contributed by atoms with E-state index in [1.165, 1.54) is 19.3 Å². The van der Waals surface area contributed by atoms with Gasteiger partial charge in [-0.05, 0) is 43.1 Å². The van der Waals surface area contributed by atoms with E-state index in [0.717, 1.165) is 18.4 Å². The minimum Gasteiger partial charge on any atom is -0.469 e. The van der Waals surface area contributed by atoms with Crippen LogP contribution in [0.15, 0.2) is 65.7 Å². The predicted molar refractivity (Wildman–Crippen MR) is 95.9 cm³/mol. The van der Waals surface area contributed by atoms with Crippen molar-refractivity contribution >= 4 is 11.6 Å². The highest BCUT2D eigenvalue weighted by molar-refractivity contribution is 6.25. The Kier molecular flexibility index (Phi) is 5.49. The summed E-state index contributed by atoms with van der Waals surface area (Å²) in [7, 11) is 0. The summed E-state index contributed by atoms with van der Waals surface area (Å²) < 4.78 is 11.1. The lowest BCUT2D eigenvalue weighted by Gasteiger charge is -2.27. The zero-order valence-electron chi connectivity index (χ0n) is 14.7. The largest absolute Gasteiger partial charge is 0.469 e. The molecular weight excluding hydrogens is 332 g/mol. The Balaban J connectivity index is 1.45. The maximum absolute atomic E-state index is 12.1. The summed E-state index contributed by atoms with van der Waals surface area (Å²) in [5.74, 6) is -0.517. The highest BCUT2D eigenvalue weighted by Crippen LogP contribution is 2.32. The summed E-state index contributed by atoms with van der Waals surface area (Å²) in [6.45, 7) is 2.47. The lowest BCUT2D eigenvalue weighted by molar-refractivity contribution is -0.144. The number of Topliss-reactive ketones (excluding diaryl/α,β-unsaturated/α-hetero) is 1. The normalized spacial score (nSPS) is 22.2. The predicted octanol–water partition coefficient (Wildman–Crippen LogP) is 3.00. The molecule has 0 saturated heterocycles. The maximum Gasteiger partial charge on any atom is 0.205 e. The van der Waals surface area contributed by atoms with E-state index in [1.54, 1.807) is 6.08 Å². The van der Waals surface area contributed by atoms with Gasteiger partial charge in [-0.25, -0.2) is 0 Å². The molecule has 1 atom stereocenters. The quantitative estimate of drug-likeness (QED) is 0.602. The summed E-state index contributed by atoms with van der Waals surface area (Å²) >= 11 is 0. The van der Waals surface area contributed by atoms with Gasteiger partial charge in [-0.2, -0.15) is 0 Å². The van der Waals surface area contributed by atoms with Crippen molar-refractivity contribution in [1.82, 2.24) is 0 Å². The van der Waals surface area contributed by atoms with Crippen molar-refractivity contribution in [2.24, 2.45) is 0 Å². The Morgan fingerprint density at radius 1 is 1.12 bits per heavy atom. The van der Waals surface area contributed by atoms with Gasteiger partial charge in [0.1, 0.15) is 12.0 Å². The van der Waals surface area contributed by atoms with Crippen LogP contribution < -0.4 is 0 Å². The smallest absolute Gasteiger partial charge is 0.205 e. The van der Waals surface area contributed by atoms with E-state index < -0.39 is 17.2 Å². The molecular formula is C21H22O5. The van der Waals surface area contributed by atoms with Crippen molar-refractivity contribution in [3.8, 4) is 0 Å². The van der Waals surface area contributed by atoms with Crippen LogP contribution in [-0.2, 0) is 25.7 Å². The zero-order valence-corrected chi connectivity index (χ0v) is 14.7. The van der Waals surface area contributed by atoms with Crippen LogP contribution in [0.3, 0.4) is 0 Å². The van der Waals surface area contributed by atoms with Crippen LogP contribution in [0, 0.1) is 0 Å². The molecule has 0 saturated carbocycles. The van der Waals surface area contributed by atoms with E-state index in [-0.39, 0.29) is 5.57 Å². The Bertz CT molecular complexity index is 784. The number of hydrogen-bond acceptors (Lipinski definition) is 5. The number of hydrogen-bond donors (Lipinski definition) is 1. The number of benzene rings is 1. The Hall–Kier alpha value is -2.50. The third kappa shape index (κ3) is 4.00. The van der Waals surface area contributed by atoms with Gasteiger partial charge in [-0.1, -0.05) is 30.3 Å². The average molecular weight is 354 g/mol. The van der Waals surface area contributed by atoms with Gasteiger partial charge >= 0.3 is 0 Å². The van der Waals surface area contributed by atoms with Gasteiger partial charge in [0.25, 0.3) is 0 Å². The molecule has 0 amide bonds. The van der Waals surface area contributed by atoms with Gasteiger partial charge < -0.3 is 14.6 Å². The lowest BCUT2D eigenvalue weighted by Crippen LogP contribution is -2.46. The lowest BCUT2D eigenvalue weighted by atomic mass is 9.80. The molecule has 2 aliphatic rings. The Morgan fingerprint density at radius 2 is 1.88 bits per heavy atom. The molecule has 1 aliphatic heterocycles. The van der Waals surface area contributed by atoms with Gasteiger partial charge in [-0.15, -0.1) is 0 Å². The first-order chi connectivity index (χ1) is 12.5. The number of unbranched alkanes of at least 4 members (excludes halogenated alkanes) is 1. The molecule has 1 aromatic rings. The zero-order chi connectivity index (χ0) is 18.6. The topological polar surface area (TPSA) is 72.8 Å². The molecule has 0 spiro atoms. The number of aliphatic hydroxyl groups is 1. The summed E-state index contributed by atoms with van der Waals surface area (Å²) in [6, 6.07) is 10.0. The van der Waals surface area contributed by atoms with Crippen molar-refractivity contribution in [1.29, 1.82) is 0 Å². The highest BCUT2D eigenvalue weighted by Gasteiger charge is 2.44. The van der Waals surface area contributed by atoms with E-state index in [0.29, 0.717) is 31.0 Å². The Labute approximate surface area is 152 Å². The fraction of sp³-hybridized carbons (Fsp3) is 0.333. The third-order valence-electron chi connectivity index (χ3n) is 4.48. The number of carbonyl (C=O) groups is 2. The van der Waals surface area contributed by atoms with Crippen molar-refractivity contribution in [2.45, 2.75) is 38.4 Å². The van der Waals surface area contributed by atoms with Crippen molar-refractivity contribution < 1.29 is 24.2 Å². The van der Waals surface area contributed by atoms with E-state index in [4.69, 9.17) is 9.47 Å². The summed E-state index contributed by atoms with van der Waals surface area (Å²) in [6.07, 6.45) is 6.78. The van der Waals surface area contributed by atoms with Crippen LogP contribution in [-0.4, -0.2) is 28.9 Å². The summed E-state index contributed by atoms with van der Waals surface area (Å²) in [4.78, 5) is 24.0. The van der Waals surface area contributed by atoms with Crippen LogP contribution in [0.25, 0.3) is 0 Å². The number of ether oxygens (including phenoxy) is 2. The number of carbonyl (C=O) groups excluding carboxylic acids is 2. The second kappa shape index (κ2) is 7.81. The number of allylic oxidation sites excluding steroid dienone is 3. The molecule has 0 aromatic heterocycles. The highest BCUT2D eigenvalue weighted by atomic mass is 16.5. The van der Waals surface area contributed by atoms with E-state index in [1.807, 2.05) is 30.3 Å².